The Balaban J connectivity index is 1.27. The minimum atomic E-state index is 1.10. The average Bonchev–Trinajstić information content (AvgIpc) is 3.13. The van der Waals surface area contributed by atoms with Gasteiger partial charge in [-0.15, -0.1) is 0 Å². The van der Waals surface area contributed by atoms with Crippen LogP contribution in [0.2, 0.25) is 0 Å². The standard InChI is InChI=1S/C43H34N2/c1-44(41-23-11-20-36(30-41)33-14-5-2-6-15-33)39-26-28-40(29-27-39)45(42-24-12-21-37(31-42)34-16-7-3-8-17-34)43-25-13-22-38(32-43)35-18-9-4-10-19-35/h2-32H,1H3. The van der Waals surface area contributed by atoms with E-state index in [9.17, 15) is 0 Å². The van der Waals surface area contributed by atoms with Crippen LogP contribution in [0.3, 0.4) is 0 Å². The van der Waals surface area contributed by atoms with Gasteiger partial charge in [-0.2, -0.15) is 0 Å². The maximum Gasteiger partial charge on any atom is 0.0467 e. The molecular weight excluding hydrogens is 544 g/mol. The molecule has 0 saturated carbocycles. The van der Waals surface area contributed by atoms with Crippen molar-refractivity contribution in [1.82, 2.24) is 0 Å². The molecule has 7 aromatic rings. The van der Waals surface area contributed by atoms with Crippen molar-refractivity contribution in [2.45, 2.75) is 0 Å². The van der Waals surface area contributed by atoms with Gasteiger partial charge in [0.2, 0.25) is 0 Å². The summed E-state index contributed by atoms with van der Waals surface area (Å²) in [6.45, 7) is 0. The van der Waals surface area contributed by atoms with Crippen molar-refractivity contribution >= 4 is 28.4 Å². The van der Waals surface area contributed by atoms with Crippen LogP contribution in [0.15, 0.2) is 188 Å². The van der Waals surface area contributed by atoms with Crippen LogP contribution in [-0.2, 0) is 0 Å². The van der Waals surface area contributed by atoms with Gasteiger partial charge in [0.25, 0.3) is 0 Å². The van der Waals surface area contributed by atoms with Gasteiger partial charge >= 0.3 is 0 Å². The van der Waals surface area contributed by atoms with Gasteiger partial charge in [-0.1, -0.05) is 127 Å². The van der Waals surface area contributed by atoms with Crippen LogP contribution >= 0.6 is 0 Å². The highest BCUT2D eigenvalue weighted by molar-refractivity contribution is 5.83. The van der Waals surface area contributed by atoms with Crippen molar-refractivity contribution in [1.29, 1.82) is 0 Å². The molecule has 0 atom stereocenters. The molecule has 0 heterocycles. The Kier molecular flexibility index (Phi) is 7.94. The molecule has 0 spiro atoms. The van der Waals surface area contributed by atoms with Gasteiger partial charge in [-0.05, 0) is 94.0 Å². The van der Waals surface area contributed by atoms with Gasteiger partial charge in [0.15, 0.2) is 0 Å². The first kappa shape index (κ1) is 27.9. The molecule has 0 fully saturated rings. The maximum absolute atomic E-state index is 2.35. The molecular formula is C43H34N2. The van der Waals surface area contributed by atoms with Crippen LogP contribution in [0.5, 0.6) is 0 Å². The molecule has 0 bridgehead atoms. The molecule has 0 aliphatic carbocycles. The minimum Gasteiger partial charge on any atom is -0.345 e. The number of hydrogen-bond acceptors (Lipinski definition) is 2. The number of nitrogens with zero attached hydrogens (tertiary/aromatic N) is 2. The van der Waals surface area contributed by atoms with Crippen LogP contribution in [-0.4, -0.2) is 7.05 Å². The summed E-state index contributed by atoms with van der Waals surface area (Å²) in [5, 5.41) is 0. The first-order valence-corrected chi connectivity index (χ1v) is 15.3. The predicted molar refractivity (Wildman–Crippen MR) is 192 cm³/mol. The Morgan fingerprint density at radius 1 is 0.267 bits per heavy atom. The van der Waals surface area contributed by atoms with Crippen LogP contribution in [0, 0.1) is 0 Å². The van der Waals surface area contributed by atoms with E-state index < -0.39 is 0 Å². The molecule has 0 saturated heterocycles. The Morgan fingerprint density at radius 2 is 0.600 bits per heavy atom. The largest absolute Gasteiger partial charge is 0.345 e. The Labute approximate surface area is 266 Å². The van der Waals surface area contributed by atoms with Crippen molar-refractivity contribution < 1.29 is 0 Å². The lowest BCUT2D eigenvalue weighted by atomic mass is 10.0. The predicted octanol–water partition coefficient (Wildman–Crippen LogP) is 11.9. The maximum atomic E-state index is 2.35. The highest BCUT2D eigenvalue weighted by atomic mass is 15.1. The van der Waals surface area contributed by atoms with Crippen molar-refractivity contribution in [3.63, 3.8) is 0 Å². The van der Waals surface area contributed by atoms with Gasteiger partial charge in [0.1, 0.15) is 0 Å². The molecule has 0 amide bonds. The van der Waals surface area contributed by atoms with E-state index in [1.807, 2.05) is 0 Å². The summed E-state index contributed by atoms with van der Waals surface area (Å²) in [6, 6.07) is 66.8. The molecule has 0 unspecified atom stereocenters. The second kappa shape index (κ2) is 12.8. The molecule has 216 valence electrons. The van der Waals surface area contributed by atoms with Crippen LogP contribution in [0.1, 0.15) is 0 Å². The van der Waals surface area contributed by atoms with Gasteiger partial charge in [-0.25, -0.2) is 0 Å². The second-order valence-corrected chi connectivity index (χ2v) is 11.2. The third kappa shape index (κ3) is 6.13. The fourth-order valence-corrected chi connectivity index (χ4v) is 5.86. The van der Waals surface area contributed by atoms with E-state index in [1.165, 1.54) is 33.4 Å². The Bertz CT molecular complexity index is 1920. The van der Waals surface area contributed by atoms with Crippen LogP contribution < -0.4 is 9.80 Å². The molecule has 45 heavy (non-hydrogen) atoms. The fourth-order valence-electron chi connectivity index (χ4n) is 5.86. The van der Waals surface area contributed by atoms with E-state index in [-0.39, 0.29) is 0 Å². The smallest absolute Gasteiger partial charge is 0.0467 e. The summed E-state index contributed by atoms with van der Waals surface area (Å²) < 4.78 is 0. The third-order valence-corrected chi connectivity index (χ3v) is 8.26. The zero-order valence-electron chi connectivity index (χ0n) is 25.3. The normalized spacial score (nSPS) is 10.8. The number of benzene rings is 7. The lowest BCUT2D eigenvalue weighted by Gasteiger charge is -2.27. The van der Waals surface area contributed by atoms with Crippen LogP contribution in [0.4, 0.5) is 28.4 Å². The lowest BCUT2D eigenvalue weighted by Crippen LogP contribution is -2.12. The highest BCUT2D eigenvalue weighted by Crippen LogP contribution is 2.39. The molecule has 0 aromatic heterocycles. The lowest BCUT2D eigenvalue weighted by molar-refractivity contribution is 1.20. The third-order valence-electron chi connectivity index (χ3n) is 8.26. The second-order valence-electron chi connectivity index (χ2n) is 11.2. The van der Waals surface area contributed by atoms with E-state index in [0.717, 1.165) is 28.4 Å². The molecule has 0 aliphatic heterocycles. The molecule has 2 nitrogen and oxygen atoms in total. The SMILES string of the molecule is CN(c1ccc(N(c2cccc(-c3ccccc3)c2)c2cccc(-c3ccccc3)c2)cc1)c1cccc(-c2ccccc2)c1. The van der Waals surface area contributed by atoms with Gasteiger partial charge in [-0.3, -0.25) is 0 Å². The summed E-state index contributed by atoms with van der Waals surface area (Å²) in [7, 11) is 2.13. The highest BCUT2D eigenvalue weighted by Gasteiger charge is 2.15. The Hall–Kier alpha value is -5.86. The summed E-state index contributed by atoms with van der Waals surface area (Å²) in [6.07, 6.45) is 0. The summed E-state index contributed by atoms with van der Waals surface area (Å²) >= 11 is 0. The van der Waals surface area contributed by atoms with Crippen LogP contribution in [0.25, 0.3) is 33.4 Å². The monoisotopic (exact) mass is 578 g/mol. The number of hydrogen-bond donors (Lipinski definition) is 0. The zero-order chi connectivity index (χ0) is 30.4. The number of anilines is 5. The van der Waals surface area contributed by atoms with Crippen molar-refractivity contribution in [2.75, 3.05) is 16.8 Å². The van der Waals surface area contributed by atoms with Crippen molar-refractivity contribution in [3.8, 4) is 33.4 Å². The first-order valence-electron chi connectivity index (χ1n) is 15.3. The molecule has 0 radical (unpaired) electrons. The zero-order valence-corrected chi connectivity index (χ0v) is 25.3. The summed E-state index contributed by atoms with van der Waals surface area (Å²) in [5.41, 5.74) is 12.8. The molecule has 7 aromatic carbocycles. The Morgan fingerprint density at radius 3 is 1.02 bits per heavy atom. The van der Waals surface area contributed by atoms with E-state index >= 15 is 0 Å². The molecule has 0 aliphatic rings. The van der Waals surface area contributed by atoms with E-state index in [0.29, 0.717) is 0 Å². The minimum absolute atomic E-state index is 1.10. The quantitative estimate of drug-likeness (QED) is 0.177. The molecule has 7 rings (SSSR count). The van der Waals surface area contributed by atoms with Crippen molar-refractivity contribution in [3.05, 3.63) is 188 Å². The van der Waals surface area contributed by atoms with E-state index in [1.54, 1.807) is 0 Å². The first-order chi connectivity index (χ1) is 22.2. The molecule has 0 N–H and O–H groups in total. The topological polar surface area (TPSA) is 6.48 Å². The summed E-state index contributed by atoms with van der Waals surface area (Å²) in [5.74, 6) is 0. The fraction of sp³-hybridized carbons (Fsp3) is 0.0233. The average molecular weight is 579 g/mol. The van der Waals surface area contributed by atoms with E-state index in [2.05, 4.69) is 205 Å². The van der Waals surface area contributed by atoms with E-state index in [4.69, 9.17) is 0 Å². The van der Waals surface area contributed by atoms with Gasteiger partial charge in [0.05, 0.1) is 0 Å². The van der Waals surface area contributed by atoms with Gasteiger partial charge in [0, 0.05) is 35.5 Å². The van der Waals surface area contributed by atoms with Crippen molar-refractivity contribution in [2.24, 2.45) is 0 Å². The molecule has 2 heteroatoms. The number of rotatable bonds is 8. The van der Waals surface area contributed by atoms with Gasteiger partial charge < -0.3 is 9.80 Å². The summed E-state index contributed by atoms with van der Waals surface area (Å²) in [4.78, 5) is 4.59.